The van der Waals surface area contributed by atoms with E-state index in [1.54, 1.807) is 0 Å². The molecule has 2 heteroatoms. The summed E-state index contributed by atoms with van der Waals surface area (Å²) in [5.74, 6) is 0. The fraction of sp³-hybridized carbons (Fsp3) is 0. The van der Waals surface area contributed by atoms with Crippen molar-refractivity contribution in [2.45, 2.75) is 0 Å². The van der Waals surface area contributed by atoms with Crippen molar-refractivity contribution in [3.8, 4) is 0 Å². The van der Waals surface area contributed by atoms with Crippen LogP contribution < -0.4 is 0 Å². The Kier molecular flexibility index (Phi) is 2.14. The molecule has 86 valence electrons. The molecule has 0 amide bonds. The van der Waals surface area contributed by atoms with Gasteiger partial charge >= 0.3 is 0 Å². The smallest absolute Gasteiger partial charge is 0.148 e. The van der Waals surface area contributed by atoms with E-state index >= 15 is 0 Å². The SMILES string of the molecule is Ic1cccc2c1oc1c3ccccc3ccc21. The Hall–Kier alpha value is -1.55. The van der Waals surface area contributed by atoms with Gasteiger partial charge < -0.3 is 4.42 Å². The van der Waals surface area contributed by atoms with Crippen LogP contribution in [0.25, 0.3) is 32.7 Å². The second kappa shape index (κ2) is 3.72. The fourth-order valence-electron chi connectivity index (χ4n) is 2.49. The van der Waals surface area contributed by atoms with Crippen LogP contribution in [0.2, 0.25) is 0 Å². The third-order valence-electron chi connectivity index (χ3n) is 3.34. The van der Waals surface area contributed by atoms with Crippen molar-refractivity contribution in [1.82, 2.24) is 0 Å². The van der Waals surface area contributed by atoms with Crippen LogP contribution in [0, 0.1) is 3.57 Å². The van der Waals surface area contributed by atoms with Gasteiger partial charge in [-0.3, -0.25) is 0 Å². The number of para-hydroxylation sites is 1. The van der Waals surface area contributed by atoms with Gasteiger partial charge in [0.25, 0.3) is 0 Å². The van der Waals surface area contributed by atoms with Crippen LogP contribution >= 0.6 is 22.6 Å². The molecule has 0 unspecified atom stereocenters. The summed E-state index contributed by atoms with van der Waals surface area (Å²) in [7, 11) is 0. The van der Waals surface area contributed by atoms with Crippen LogP contribution in [0.1, 0.15) is 0 Å². The lowest BCUT2D eigenvalue weighted by Crippen LogP contribution is -1.72. The van der Waals surface area contributed by atoms with Gasteiger partial charge in [0.05, 0.1) is 3.57 Å². The topological polar surface area (TPSA) is 13.1 Å². The molecule has 1 aromatic heterocycles. The van der Waals surface area contributed by atoms with E-state index in [9.17, 15) is 0 Å². The standard InChI is InChI=1S/C16H9IO/c17-14-7-3-6-12-13-9-8-10-4-1-2-5-11(10)15(13)18-16(12)14/h1-9H. The number of furan rings is 1. The number of hydrogen-bond acceptors (Lipinski definition) is 1. The van der Waals surface area contributed by atoms with Crippen molar-refractivity contribution in [3.63, 3.8) is 0 Å². The maximum Gasteiger partial charge on any atom is 0.148 e. The molecule has 0 saturated carbocycles. The molecule has 0 bridgehead atoms. The van der Waals surface area contributed by atoms with Crippen LogP contribution in [0.15, 0.2) is 59.0 Å². The van der Waals surface area contributed by atoms with Gasteiger partial charge in [0.1, 0.15) is 11.2 Å². The predicted molar refractivity (Wildman–Crippen MR) is 83.9 cm³/mol. The molecule has 0 spiro atoms. The molecule has 4 aromatic rings. The highest BCUT2D eigenvalue weighted by molar-refractivity contribution is 14.1. The Morgan fingerprint density at radius 1 is 0.667 bits per heavy atom. The van der Waals surface area contributed by atoms with Crippen molar-refractivity contribution < 1.29 is 4.42 Å². The van der Waals surface area contributed by atoms with E-state index in [1.807, 2.05) is 0 Å². The van der Waals surface area contributed by atoms with Crippen LogP contribution in [0.3, 0.4) is 0 Å². The lowest BCUT2D eigenvalue weighted by Gasteiger charge is -1.97. The van der Waals surface area contributed by atoms with Crippen molar-refractivity contribution in [3.05, 3.63) is 58.2 Å². The summed E-state index contributed by atoms with van der Waals surface area (Å²) in [6.07, 6.45) is 0. The van der Waals surface area contributed by atoms with Gasteiger partial charge in [0, 0.05) is 16.2 Å². The van der Waals surface area contributed by atoms with Gasteiger partial charge in [-0.25, -0.2) is 0 Å². The molecule has 0 N–H and O–H groups in total. The molecule has 0 aliphatic rings. The Balaban J connectivity index is 2.33. The minimum atomic E-state index is 0.990. The average molecular weight is 344 g/mol. The van der Waals surface area contributed by atoms with Crippen LogP contribution in [-0.2, 0) is 0 Å². The first-order valence-electron chi connectivity index (χ1n) is 5.83. The molecule has 0 aliphatic heterocycles. The third kappa shape index (κ3) is 1.32. The van der Waals surface area contributed by atoms with Crippen LogP contribution in [0.4, 0.5) is 0 Å². The largest absolute Gasteiger partial charge is 0.454 e. The zero-order valence-corrected chi connectivity index (χ0v) is 11.6. The van der Waals surface area contributed by atoms with Crippen molar-refractivity contribution >= 4 is 55.3 Å². The molecular formula is C16H9IO. The number of halogens is 1. The third-order valence-corrected chi connectivity index (χ3v) is 4.19. The number of benzene rings is 3. The lowest BCUT2D eigenvalue weighted by atomic mass is 10.1. The second-order valence-electron chi connectivity index (χ2n) is 4.38. The average Bonchev–Trinajstić information content (AvgIpc) is 2.79. The summed E-state index contributed by atoms with van der Waals surface area (Å²) in [5, 5.41) is 4.80. The van der Waals surface area contributed by atoms with Gasteiger partial charge in [0.2, 0.25) is 0 Å². The van der Waals surface area contributed by atoms with Crippen LogP contribution in [0.5, 0.6) is 0 Å². The molecule has 3 aromatic carbocycles. The Morgan fingerprint density at radius 2 is 1.44 bits per heavy atom. The van der Waals surface area contributed by atoms with E-state index in [2.05, 4.69) is 77.2 Å². The highest BCUT2D eigenvalue weighted by Crippen LogP contribution is 2.35. The van der Waals surface area contributed by atoms with E-state index in [4.69, 9.17) is 4.42 Å². The quantitative estimate of drug-likeness (QED) is 0.392. The van der Waals surface area contributed by atoms with Gasteiger partial charge in [-0.15, -0.1) is 0 Å². The van der Waals surface area contributed by atoms with E-state index in [-0.39, 0.29) is 0 Å². The highest BCUT2D eigenvalue weighted by Gasteiger charge is 2.11. The molecular weight excluding hydrogens is 335 g/mol. The van der Waals surface area contributed by atoms with Crippen LogP contribution in [-0.4, -0.2) is 0 Å². The first-order valence-corrected chi connectivity index (χ1v) is 6.91. The van der Waals surface area contributed by atoms with Gasteiger partial charge in [-0.05, 0) is 40.1 Å². The zero-order chi connectivity index (χ0) is 12.1. The lowest BCUT2D eigenvalue weighted by molar-refractivity contribution is 0.670. The number of rotatable bonds is 0. The second-order valence-corrected chi connectivity index (χ2v) is 5.54. The molecule has 0 atom stereocenters. The maximum absolute atomic E-state index is 6.09. The van der Waals surface area contributed by atoms with E-state index in [0.717, 1.165) is 14.7 Å². The number of hydrogen-bond donors (Lipinski definition) is 0. The molecule has 18 heavy (non-hydrogen) atoms. The van der Waals surface area contributed by atoms with Gasteiger partial charge in [0.15, 0.2) is 0 Å². The minimum absolute atomic E-state index is 0.990. The van der Waals surface area contributed by atoms with E-state index in [1.165, 1.54) is 21.5 Å². The molecule has 0 aliphatic carbocycles. The first kappa shape index (κ1) is 10.4. The Morgan fingerprint density at radius 3 is 2.39 bits per heavy atom. The Bertz CT molecular complexity index is 889. The molecule has 1 nitrogen and oxygen atoms in total. The molecule has 0 fully saturated rings. The summed E-state index contributed by atoms with van der Waals surface area (Å²) in [6, 6.07) is 18.9. The highest BCUT2D eigenvalue weighted by atomic mass is 127. The summed E-state index contributed by atoms with van der Waals surface area (Å²) >= 11 is 2.32. The predicted octanol–water partition coefficient (Wildman–Crippen LogP) is 5.34. The monoisotopic (exact) mass is 344 g/mol. The zero-order valence-electron chi connectivity index (χ0n) is 9.48. The van der Waals surface area contributed by atoms with Crippen molar-refractivity contribution in [1.29, 1.82) is 0 Å². The maximum atomic E-state index is 6.09. The summed E-state index contributed by atoms with van der Waals surface area (Å²) < 4.78 is 7.25. The van der Waals surface area contributed by atoms with Gasteiger partial charge in [-0.2, -0.15) is 0 Å². The normalized spacial score (nSPS) is 11.6. The molecule has 4 rings (SSSR count). The first-order chi connectivity index (χ1) is 8.84. The molecule has 0 radical (unpaired) electrons. The minimum Gasteiger partial charge on any atom is -0.454 e. The van der Waals surface area contributed by atoms with Crippen molar-refractivity contribution in [2.75, 3.05) is 0 Å². The molecule has 0 saturated heterocycles. The number of fused-ring (bicyclic) bond motifs is 5. The summed E-state index contributed by atoms with van der Waals surface area (Å²) in [4.78, 5) is 0. The van der Waals surface area contributed by atoms with E-state index < -0.39 is 0 Å². The van der Waals surface area contributed by atoms with Crippen molar-refractivity contribution in [2.24, 2.45) is 0 Å². The summed E-state index contributed by atoms with van der Waals surface area (Å²) in [5.41, 5.74) is 1.98. The Labute approximate surface area is 118 Å². The fourth-order valence-corrected chi connectivity index (χ4v) is 3.10. The van der Waals surface area contributed by atoms with Gasteiger partial charge in [-0.1, -0.05) is 42.5 Å². The molecule has 1 heterocycles. The summed E-state index contributed by atoms with van der Waals surface area (Å²) in [6.45, 7) is 0. The van der Waals surface area contributed by atoms with E-state index in [0.29, 0.717) is 0 Å².